The average Bonchev–Trinajstić information content (AvgIpc) is 2.03. The predicted molar refractivity (Wildman–Crippen MR) is 51.3 cm³/mol. The molecule has 0 unspecified atom stereocenters. The monoisotopic (exact) mass is 185 g/mol. The fourth-order valence-electron chi connectivity index (χ4n) is 1.57. The van der Waals surface area contributed by atoms with Gasteiger partial charge in [-0.1, -0.05) is 13.8 Å². The van der Waals surface area contributed by atoms with E-state index in [1.807, 2.05) is 25.7 Å². The molecule has 0 saturated carbocycles. The lowest BCUT2D eigenvalue weighted by molar-refractivity contribution is -0.138. The molecule has 1 aliphatic heterocycles. The molecule has 0 bridgehead atoms. The Morgan fingerprint density at radius 1 is 1.38 bits per heavy atom. The second kappa shape index (κ2) is 3.66. The molecule has 1 heterocycles. The van der Waals surface area contributed by atoms with Crippen LogP contribution in [0.5, 0.6) is 0 Å². The SMILES string of the molecule is CC(C)C(=O)N1CCC(C)(O)CC1. The number of carbonyl (C=O) groups is 1. The second-order valence-corrected chi connectivity index (χ2v) is 4.48. The highest BCUT2D eigenvalue weighted by Crippen LogP contribution is 2.21. The first-order chi connectivity index (χ1) is 5.92. The van der Waals surface area contributed by atoms with Gasteiger partial charge in [0, 0.05) is 19.0 Å². The molecule has 0 aromatic heterocycles. The molecule has 1 saturated heterocycles. The van der Waals surface area contributed by atoms with Crippen molar-refractivity contribution in [3.8, 4) is 0 Å². The van der Waals surface area contributed by atoms with Crippen LogP contribution < -0.4 is 0 Å². The van der Waals surface area contributed by atoms with Gasteiger partial charge >= 0.3 is 0 Å². The Morgan fingerprint density at radius 2 is 1.85 bits per heavy atom. The number of piperidine rings is 1. The minimum atomic E-state index is -0.562. The van der Waals surface area contributed by atoms with Crippen LogP contribution in [0.3, 0.4) is 0 Å². The van der Waals surface area contributed by atoms with Crippen molar-refractivity contribution in [3.63, 3.8) is 0 Å². The summed E-state index contributed by atoms with van der Waals surface area (Å²) in [4.78, 5) is 13.4. The third-order valence-corrected chi connectivity index (χ3v) is 2.65. The van der Waals surface area contributed by atoms with E-state index in [-0.39, 0.29) is 11.8 Å². The third kappa shape index (κ3) is 2.69. The highest BCUT2D eigenvalue weighted by Gasteiger charge is 2.30. The van der Waals surface area contributed by atoms with E-state index in [0.29, 0.717) is 25.9 Å². The molecule has 0 atom stereocenters. The van der Waals surface area contributed by atoms with Crippen molar-refractivity contribution in [2.24, 2.45) is 5.92 Å². The summed E-state index contributed by atoms with van der Waals surface area (Å²) in [6.07, 6.45) is 1.40. The molecule has 0 spiro atoms. The summed E-state index contributed by atoms with van der Waals surface area (Å²) in [5.41, 5.74) is -0.562. The topological polar surface area (TPSA) is 40.5 Å². The molecule has 0 aromatic rings. The van der Waals surface area contributed by atoms with Crippen LogP contribution >= 0.6 is 0 Å². The van der Waals surface area contributed by atoms with Crippen molar-refractivity contribution in [2.45, 2.75) is 39.2 Å². The molecule has 1 amide bonds. The third-order valence-electron chi connectivity index (χ3n) is 2.65. The summed E-state index contributed by atoms with van der Waals surface area (Å²) in [6.45, 7) is 7.06. The molecule has 3 nitrogen and oxygen atoms in total. The van der Waals surface area contributed by atoms with Gasteiger partial charge in [-0.3, -0.25) is 4.79 Å². The first kappa shape index (κ1) is 10.5. The second-order valence-electron chi connectivity index (χ2n) is 4.48. The van der Waals surface area contributed by atoms with Gasteiger partial charge in [-0.05, 0) is 19.8 Å². The Bertz CT molecular complexity index is 189. The number of carbonyl (C=O) groups excluding carboxylic acids is 1. The van der Waals surface area contributed by atoms with Crippen LogP contribution in [0, 0.1) is 5.92 Å². The summed E-state index contributed by atoms with van der Waals surface area (Å²) >= 11 is 0. The van der Waals surface area contributed by atoms with Gasteiger partial charge in [0.25, 0.3) is 0 Å². The van der Waals surface area contributed by atoms with E-state index in [0.717, 1.165) is 0 Å². The summed E-state index contributed by atoms with van der Waals surface area (Å²) in [5.74, 6) is 0.276. The van der Waals surface area contributed by atoms with Crippen molar-refractivity contribution in [3.05, 3.63) is 0 Å². The summed E-state index contributed by atoms with van der Waals surface area (Å²) in [5, 5.41) is 9.67. The van der Waals surface area contributed by atoms with Crippen LogP contribution in [0.2, 0.25) is 0 Å². The summed E-state index contributed by atoms with van der Waals surface area (Å²) < 4.78 is 0. The Kier molecular flexibility index (Phi) is 2.96. The maximum absolute atomic E-state index is 11.6. The van der Waals surface area contributed by atoms with E-state index in [2.05, 4.69) is 0 Å². The molecular formula is C10H19NO2. The number of hydrogen-bond acceptors (Lipinski definition) is 2. The number of amides is 1. The summed E-state index contributed by atoms with van der Waals surface area (Å²) in [6, 6.07) is 0. The standard InChI is InChI=1S/C10H19NO2/c1-8(2)9(12)11-6-4-10(3,13)5-7-11/h8,13H,4-7H2,1-3H3. The van der Waals surface area contributed by atoms with Gasteiger partial charge in [0.05, 0.1) is 5.60 Å². The van der Waals surface area contributed by atoms with Gasteiger partial charge < -0.3 is 10.0 Å². The zero-order valence-electron chi connectivity index (χ0n) is 8.71. The molecule has 13 heavy (non-hydrogen) atoms. The maximum atomic E-state index is 11.6. The van der Waals surface area contributed by atoms with Crippen LogP contribution in [-0.4, -0.2) is 34.6 Å². The number of aliphatic hydroxyl groups is 1. The first-order valence-electron chi connectivity index (χ1n) is 4.93. The van der Waals surface area contributed by atoms with Crippen LogP contribution in [0.4, 0.5) is 0 Å². The molecule has 3 heteroatoms. The molecule has 0 aromatic carbocycles. The lowest BCUT2D eigenvalue weighted by Crippen LogP contribution is -2.46. The fraction of sp³-hybridized carbons (Fsp3) is 0.900. The van der Waals surface area contributed by atoms with Gasteiger partial charge in [-0.25, -0.2) is 0 Å². The quantitative estimate of drug-likeness (QED) is 0.662. The van der Waals surface area contributed by atoms with Crippen LogP contribution in [0.15, 0.2) is 0 Å². The van der Waals surface area contributed by atoms with Crippen LogP contribution in [-0.2, 0) is 4.79 Å². The molecular weight excluding hydrogens is 166 g/mol. The highest BCUT2D eigenvalue weighted by atomic mass is 16.3. The van der Waals surface area contributed by atoms with Gasteiger partial charge in [-0.2, -0.15) is 0 Å². The Labute approximate surface area is 79.7 Å². The maximum Gasteiger partial charge on any atom is 0.225 e. The van der Waals surface area contributed by atoms with E-state index in [1.54, 1.807) is 0 Å². The normalized spacial score (nSPS) is 22.1. The number of hydrogen-bond donors (Lipinski definition) is 1. The smallest absolute Gasteiger partial charge is 0.225 e. The summed E-state index contributed by atoms with van der Waals surface area (Å²) in [7, 11) is 0. The van der Waals surface area contributed by atoms with E-state index < -0.39 is 5.60 Å². The van der Waals surface area contributed by atoms with Crippen molar-refractivity contribution >= 4 is 5.91 Å². The molecule has 76 valence electrons. The van der Waals surface area contributed by atoms with Crippen molar-refractivity contribution in [1.29, 1.82) is 0 Å². The van der Waals surface area contributed by atoms with Crippen molar-refractivity contribution in [1.82, 2.24) is 4.90 Å². The minimum absolute atomic E-state index is 0.0723. The van der Waals surface area contributed by atoms with Crippen molar-refractivity contribution < 1.29 is 9.90 Å². The van der Waals surface area contributed by atoms with Crippen molar-refractivity contribution in [2.75, 3.05) is 13.1 Å². The molecule has 0 aliphatic carbocycles. The zero-order chi connectivity index (χ0) is 10.1. The van der Waals surface area contributed by atoms with Crippen LogP contribution in [0.1, 0.15) is 33.6 Å². The first-order valence-corrected chi connectivity index (χ1v) is 4.93. The molecule has 0 radical (unpaired) electrons. The highest BCUT2D eigenvalue weighted by molar-refractivity contribution is 5.78. The molecule has 1 fully saturated rings. The lowest BCUT2D eigenvalue weighted by atomic mass is 9.93. The zero-order valence-corrected chi connectivity index (χ0v) is 8.71. The number of rotatable bonds is 1. The van der Waals surface area contributed by atoms with E-state index in [1.165, 1.54) is 0 Å². The minimum Gasteiger partial charge on any atom is -0.390 e. The van der Waals surface area contributed by atoms with Gasteiger partial charge in [-0.15, -0.1) is 0 Å². The fourth-order valence-corrected chi connectivity index (χ4v) is 1.57. The largest absolute Gasteiger partial charge is 0.390 e. The van der Waals surface area contributed by atoms with E-state index >= 15 is 0 Å². The van der Waals surface area contributed by atoms with E-state index in [4.69, 9.17) is 0 Å². The van der Waals surface area contributed by atoms with Gasteiger partial charge in [0.2, 0.25) is 5.91 Å². The van der Waals surface area contributed by atoms with E-state index in [9.17, 15) is 9.90 Å². The number of nitrogens with zero attached hydrogens (tertiary/aromatic N) is 1. The van der Waals surface area contributed by atoms with Gasteiger partial charge in [0.1, 0.15) is 0 Å². The molecule has 1 aliphatic rings. The number of likely N-dealkylation sites (tertiary alicyclic amines) is 1. The van der Waals surface area contributed by atoms with Gasteiger partial charge in [0.15, 0.2) is 0 Å². The lowest BCUT2D eigenvalue weighted by Gasteiger charge is -2.36. The molecule has 1 rings (SSSR count). The Morgan fingerprint density at radius 3 is 2.23 bits per heavy atom. The molecule has 1 N–H and O–H groups in total. The Hall–Kier alpha value is -0.570. The predicted octanol–water partition coefficient (Wildman–Crippen LogP) is 1.02. The Balaban J connectivity index is 2.46. The van der Waals surface area contributed by atoms with Crippen LogP contribution in [0.25, 0.3) is 0 Å². The average molecular weight is 185 g/mol.